The lowest BCUT2D eigenvalue weighted by Crippen LogP contribution is -2.48. The van der Waals surface area contributed by atoms with Crippen molar-refractivity contribution in [1.82, 2.24) is 9.80 Å². The minimum Gasteiger partial charge on any atom is -0.336 e. The molecule has 0 saturated carbocycles. The van der Waals surface area contributed by atoms with Gasteiger partial charge in [0, 0.05) is 43.9 Å². The highest BCUT2D eigenvalue weighted by atomic mass is 19.2. The van der Waals surface area contributed by atoms with Crippen molar-refractivity contribution < 1.29 is 13.6 Å². The lowest BCUT2D eigenvalue weighted by Gasteiger charge is -2.35. The number of carbonyl (C=O) groups excluding carboxylic acids is 1. The highest BCUT2D eigenvalue weighted by molar-refractivity contribution is 5.95. The van der Waals surface area contributed by atoms with Gasteiger partial charge in [-0.25, -0.2) is 8.78 Å². The van der Waals surface area contributed by atoms with Crippen molar-refractivity contribution in [3.63, 3.8) is 0 Å². The van der Waals surface area contributed by atoms with Crippen molar-refractivity contribution in [1.29, 1.82) is 0 Å². The zero-order valence-electron chi connectivity index (χ0n) is 13.6. The van der Waals surface area contributed by atoms with E-state index in [0.717, 1.165) is 17.2 Å². The van der Waals surface area contributed by atoms with Crippen LogP contribution >= 0.6 is 0 Å². The minimum absolute atomic E-state index is 0.0321. The van der Waals surface area contributed by atoms with Crippen LogP contribution in [0.5, 0.6) is 0 Å². The molecule has 2 aromatic rings. The summed E-state index contributed by atoms with van der Waals surface area (Å²) >= 11 is 0. The fourth-order valence-electron chi connectivity index (χ4n) is 3.00. The number of hydrogen-bond donors (Lipinski definition) is 0. The van der Waals surface area contributed by atoms with Gasteiger partial charge in [0.2, 0.25) is 0 Å². The lowest BCUT2D eigenvalue weighted by molar-refractivity contribution is 0.0626. The molecule has 0 spiro atoms. The first-order chi connectivity index (χ1) is 11.6. The lowest BCUT2D eigenvalue weighted by atomic mass is 10.1. The summed E-state index contributed by atoms with van der Waals surface area (Å²) in [6, 6.07) is 11.8. The van der Waals surface area contributed by atoms with Gasteiger partial charge in [-0.15, -0.1) is 0 Å². The molecule has 126 valence electrons. The molecule has 3 nitrogen and oxygen atoms in total. The van der Waals surface area contributed by atoms with E-state index >= 15 is 0 Å². The topological polar surface area (TPSA) is 23.6 Å². The number of aryl methyl sites for hydroxylation is 1. The summed E-state index contributed by atoms with van der Waals surface area (Å²) in [4.78, 5) is 16.4. The molecule has 1 saturated heterocycles. The zero-order chi connectivity index (χ0) is 17.1. The van der Waals surface area contributed by atoms with Gasteiger partial charge in [-0.3, -0.25) is 9.69 Å². The predicted octanol–water partition coefficient (Wildman–Crippen LogP) is 3.23. The highest BCUT2D eigenvalue weighted by Crippen LogP contribution is 2.17. The standard InChI is InChI=1S/C19H20F2N2O/c1-14-5-2-3-7-16(14)19(24)23-11-9-22(10-12-23)13-15-6-4-8-17(20)18(15)21/h2-8H,9-13H2,1H3. The Morgan fingerprint density at radius 1 is 1.00 bits per heavy atom. The number of rotatable bonds is 3. The Balaban J connectivity index is 1.61. The quantitative estimate of drug-likeness (QED) is 0.863. The first kappa shape index (κ1) is 16.6. The van der Waals surface area contributed by atoms with Crippen molar-refractivity contribution in [3.05, 3.63) is 70.8 Å². The van der Waals surface area contributed by atoms with Crippen LogP contribution in [0.15, 0.2) is 42.5 Å². The molecule has 5 heteroatoms. The molecule has 0 unspecified atom stereocenters. The van der Waals surface area contributed by atoms with Gasteiger partial charge in [0.1, 0.15) is 0 Å². The molecule has 1 aliphatic rings. The van der Waals surface area contributed by atoms with Crippen molar-refractivity contribution in [3.8, 4) is 0 Å². The first-order valence-electron chi connectivity index (χ1n) is 8.06. The van der Waals surface area contributed by atoms with E-state index in [4.69, 9.17) is 0 Å². The SMILES string of the molecule is Cc1ccccc1C(=O)N1CCN(Cc2cccc(F)c2F)CC1. The molecule has 0 aromatic heterocycles. The van der Waals surface area contributed by atoms with Crippen molar-refractivity contribution >= 4 is 5.91 Å². The van der Waals surface area contributed by atoms with Gasteiger partial charge in [-0.05, 0) is 24.6 Å². The molecule has 3 rings (SSSR count). The van der Waals surface area contributed by atoms with Crippen LogP contribution in [0.1, 0.15) is 21.5 Å². The number of piperazine rings is 1. The largest absolute Gasteiger partial charge is 0.336 e. The van der Waals surface area contributed by atoms with Crippen LogP contribution in [-0.2, 0) is 6.54 Å². The summed E-state index contributed by atoms with van der Waals surface area (Å²) < 4.78 is 27.0. The molecule has 1 amide bonds. The molecule has 1 heterocycles. The molecule has 0 aliphatic carbocycles. The minimum atomic E-state index is -0.819. The Labute approximate surface area is 140 Å². The summed E-state index contributed by atoms with van der Waals surface area (Å²) in [6.45, 7) is 4.75. The van der Waals surface area contributed by atoms with E-state index in [2.05, 4.69) is 0 Å². The maximum absolute atomic E-state index is 13.8. The van der Waals surface area contributed by atoms with Gasteiger partial charge < -0.3 is 4.90 Å². The van der Waals surface area contributed by atoms with E-state index in [-0.39, 0.29) is 5.91 Å². The maximum Gasteiger partial charge on any atom is 0.254 e. The van der Waals surface area contributed by atoms with Crippen molar-refractivity contribution in [2.45, 2.75) is 13.5 Å². The van der Waals surface area contributed by atoms with Gasteiger partial charge in [-0.1, -0.05) is 30.3 Å². The average molecular weight is 330 g/mol. The van der Waals surface area contributed by atoms with Crippen LogP contribution in [0.3, 0.4) is 0 Å². The fourth-order valence-corrected chi connectivity index (χ4v) is 3.00. The fraction of sp³-hybridized carbons (Fsp3) is 0.316. The molecule has 24 heavy (non-hydrogen) atoms. The molecule has 1 fully saturated rings. The third kappa shape index (κ3) is 3.46. The van der Waals surface area contributed by atoms with Crippen LogP contribution < -0.4 is 0 Å². The van der Waals surface area contributed by atoms with E-state index in [1.54, 1.807) is 6.07 Å². The number of halogens is 2. The molecular weight excluding hydrogens is 310 g/mol. The normalized spacial score (nSPS) is 15.5. The zero-order valence-corrected chi connectivity index (χ0v) is 13.6. The Morgan fingerprint density at radius 2 is 1.71 bits per heavy atom. The van der Waals surface area contributed by atoms with Crippen LogP contribution in [0, 0.1) is 18.6 Å². The summed E-state index contributed by atoms with van der Waals surface area (Å²) in [5.41, 5.74) is 2.04. The molecule has 0 radical (unpaired) electrons. The van der Waals surface area contributed by atoms with Crippen molar-refractivity contribution in [2.24, 2.45) is 0 Å². The average Bonchev–Trinajstić information content (AvgIpc) is 2.59. The van der Waals surface area contributed by atoms with Crippen LogP contribution in [0.2, 0.25) is 0 Å². The van der Waals surface area contributed by atoms with E-state index < -0.39 is 11.6 Å². The summed E-state index contributed by atoms with van der Waals surface area (Å²) in [7, 11) is 0. The molecule has 0 atom stereocenters. The summed E-state index contributed by atoms with van der Waals surface area (Å²) in [5.74, 6) is -1.57. The molecule has 0 bridgehead atoms. The van der Waals surface area contributed by atoms with E-state index in [9.17, 15) is 13.6 Å². The second-order valence-corrected chi connectivity index (χ2v) is 6.10. The second kappa shape index (κ2) is 7.09. The Hall–Kier alpha value is -2.27. The van der Waals surface area contributed by atoms with E-state index in [0.29, 0.717) is 38.3 Å². The third-order valence-electron chi connectivity index (χ3n) is 4.46. The van der Waals surface area contributed by atoms with Gasteiger partial charge in [0.25, 0.3) is 5.91 Å². The van der Waals surface area contributed by atoms with Gasteiger partial charge in [0.05, 0.1) is 0 Å². The highest BCUT2D eigenvalue weighted by Gasteiger charge is 2.23. The van der Waals surface area contributed by atoms with E-state index in [1.165, 1.54) is 6.07 Å². The van der Waals surface area contributed by atoms with Gasteiger partial charge >= 0.3 is 0 Å². The Bertz CT molecular complexity index is 740. The van der Waals surface area contributed by atoms with Gasteiger partial charge in [-0.2, -0.15) is 0 Å². The monoisotopic (exact) mass is 330 g/mol. The Kier molecular flexibility index (Phi) is 4.90. The number of hydrogen-bond acceptors (Lipinski definition) is 2. The summed E-state index contributed by atoms with van der Waals surface area (Å²) in [6.07, 6.45) is 0. The van der Waals surface area contributed by atoms with Crippen molar-refractivity contribution in [2.75, 3.05) is 26.2 Å². The van der Waals surface area contributed by atoms with Crippen LogP contribution in [-0.4, -0.2) is 41.9 Å². The first-order valence-corrected chi connectivity index (χ1v) is 8.06. The van der Waals surface area contributed by atoms with E-state index in [1.807, 2.05) is 41.0 Å². The summed E-state index contributed by atoms with van der Waals surface area (Å²) in [5, 5.41) is 0. The maximum atomic E-state index is 13.8. The number of amides is 1. The second-order valence-electron chi connectivity index (χ2n) is 6.10. The van der Waals surface area contributed by atoms with Crippen LogP contribution in [0.25, 0.3) is 0 Å². The smallest absolute Gasteiger partial charge is 0.254 e. The number of benzene rings is 2. The molecule has 0 N–H and O–H groups in total. The van der Waals surface area contributed by atoms with Crippen LogP contribution in [0.4, 0.5) is 8.78 Å². The Morgan fingerprint density at radius 3 is 2.42 bits per heavy atom. The molecular formula is C19H20F2N2O. The number of nitrogens with zero attached hydrogens (tertiary/aromatic N) is 2. The predicted molar refractivity (Wildman–Crippen MR) is 88.7 cm³/mol. The molecule has 1 aliphatic heterocycles. The van der Waals surface area contributed by atoms with Gasteiger partial charge in [0.15, 0.2) is 11.6 Å². The number of carbonyl (C=O) groups is 1. The third-order valence-corrected chi connectivity index (χ3v) is 4.46. The molecule has 2 aromatic carbocycles.